The Hall–Kier alpha value is -2.02. The highest BCUT2D eigenvalue weighted by atomic mass is 32.2. The van der Waals surface area contributed by atoms with Crippen LogP contribution in [0.1, 0.15) is 24.2 Å². The van der Waals surface area contributed by atoms with Crippen LogP contribution in [-0.4, -0.2) is 43.6 Å². The van der Waals surface area contributed by atoms with E-state index in [1.807, 2.05) is 29.7 Å². The minimum atomic E-state index is 0.565. The van der Waals surface area contributed by atoms with E-state index in [0.717, 1.165) is 28.5 Å². The van der Waals surface area contributed by atoms with Crippen molar-refractivity contribution in [2.45, 2.75) is 37.6 Å². The third-order valence-electron chi connectivity index (χ3n) is 5.33. The molecule has 0 unspecified atom stereocenters. The maximum absolute atomic E-state index is 4.51. The maximum atomic E-state index is 4.51. The van der Waals surface area contributed by atoms with Gasteiger partial charge in [-0.15, -0.1) is 11.8 Å². The van der Waals surface area contributed by atoms with Gasteiger partial charge < -0.3 is 9.88 Å². The first-order valence-electron chi connectivity index (χ1n) is 8.68. The van der Waals surface area contributed by atoms with E-state index in [9.17, 15) is 0 Å². The van der Waals surface area contributed by atoms with Gasteiger partial charge in [0.1, 0.15) is 17.8 Å². The minimum Gasteiger partial charge on any atom is -0.356 e. The summed E-state index contributed by atoms with van der Waals surface area (Å²) in [5, 5.41) is 5.61. The topological polar surface area (TPSA) is 62.6 Å². The highest BCUT2D eigenvalue weighted by molar-refractivity contribution is 7.99. The SMILES string of the molecule is Cc1nn(C)c(C)c1SCC1CC(N(C)c2ncnc3[nH]ccc23)C1. The molecule has 1 aliphatic carbocycles. The van der Waals surface area contributed by atoms with Gasteiger partial charge in [0.25, 0.3) is 0 Å². The third kappa shape index (κ3) is 2.90. The molecule has 4 rings (SSSR count). The quantitative estimate of drug-likeness (QED) is 0.711. The van der Waals surface area contributed by atoms with Crippen molar-refractivity contribution >= 4 is 28.6 Å². The number of anilines is 1. The zero-order chi connectivity index (χ0) is 17.6. The van der Waals surface area contributed by atoms with Crippen LogP contribution < -0.4 is 4.90 Å². The van der Waals surface area contributed by atoms with E-state index in [1.54, 1.807) is 6.33 Å². The molecule has 0 amide bonds. The summed E-state index contributed by atoms with van der Waals surface area (Å²) in [6.07, 6.45) is 6.01. The first kappa shape index (κ1) is 16.4. The van der Waals surface area contributed by atoms with Crippen LogP contribution in [0, 0.1) is 19.8 Å². The van der Waals surface area contributed by atoms with Crippen LogP contribution in [0.3, 0.4) is 0 Å². The van der Waals surface area contributed by atoms with Gasteiger partial charge in [-0.05, 0) is 38.7 Å². The number of hydrogen-bond acceptors (Lipinski definition) is 5. The molecule has 3 aromatic heterocycles. The monoisotopic (exact) mass is 356 g/mol. The fourth-order valence-corrected chi connectivity index (χ4v) is 4.90. The zero-order valence-corrected chi connectivity index (χ0v) is 16.0. The van der Waals surface area contributed by atoms with Gasteiger partial charge in [-0.2, -0.15) is 5.10 Å². The van der Waals surface area contributed by atoms with Gasteiger partial charge in [0.15, 0.2) is 0 Å². The molecule has 0 spiro atoms. The van der Waals surface area contributed by atoms with E-state index >= 15 is 0 Å². The van der Waals surface area contributed by atoms with Crippen molar-refractivity contribution in [3.05, 3.63) is 30.0 Å². The van der Waals surface area contributed by atoms with Crippen molar-refractivity contribution in [3.63, 3.8) is 0 Å². The third-order valence-corrected chi connectivity index (χ3v) is 6.85. The lowest BCUT2D eigenvalue weighted by Gasteiger charge is -2.41. The summed E-state index contributed by atoms with van der Waals surface area (Å²) in [6.45, 7) is 4.25. The molecule has 1 fully saturated rings. The fraction of sp³-hybridized carbons (Fsp3) is 0.500. The number of aromatic amines is 1. The predicted octanol–water partition coefficient (Wildman–Crippen LogP) is 3.32. The van der Waals surface area contributed by atoms with E-state index < -0.39 is 0 Å². The zero-order valence-electron chi connectivity index (χ0n) is 15.2. The largest absolute Gasteiger partial charge is 0.356 e. The van der Waals surface area contributed by atoms with Gasteiger partial charge in [-0.1, -0.05) is 0 Å². The van der Waals surface area contributed by atoms with Crippen LogP contribution in [0.2, 0.25) is 0 Å². The van der Waals surface area contributed by atoms with E-state index in [4.69, 9.17) is 0 Å². The second-order valence-electron chi connectivity index (χ2n) is 6.97. The smallest absolute Gasteiger partial charge is 0.142 e. The van der Waals surface area contributed by atoms with Crippen LogP contribution in [0.15, 0.2) is 23.5 Å². The minimum absolute atomic E-state index is 0.565. The van der Waals surface area contributed by atoms with Gasteiger partial charge in [0.05, 0.1) is 16.0 Å². The van der Waals surface area contributed by atoms with E-state index in [0.29, 0.717) is 6.04 Å². The predicted molar refractivity (Wildman–Crippen MR) is 102 cm³/mol. The Bertz CT molecular complexity index is 892. The number of aryl methyl sites for hydroxylation is 2. The molecule has 0 aliphatic heterocycles. The van der Waals surface area contributed by atoms with Gasteiger partial charge in [-0.3, -0.25) is 4.68 Å². The van der Waals surface area contributed by atoms with Gasteiger partial charge in [0, 0.05) is 37.8 Å². The Morgan fingerprint density at radius 2 is 2.12 bits per heavy atom. The number of aromatic nitrogens is 5. The number of nitrogens with one attached hydrogen (secondary N) is 1. The second-order valence-corrected chi connectivity index (χ2v) is 8.00. The maximum Gasteiger partial charge on any atom is 0.142 e. The Balaban J connectivity index is 1.36. The average Bonchev–Trinajstić information content (AvgIpc) is 3.12. The number of fused-ring (bicyclic) bond motifs is 1. The lowest BCUT2D eigenvalue weighted by atomic mass is 9.81. The highest BCUT2D eigenvalue weighted by Gasteiger charge is 2.33. The molecular formula is C18H24N6S. The molecule has 0 saturated heterocycles. The molecule has 6 nitrogen and oxygen atoms in total. The summed E-state index contributed by atoms with van der Waals surface area (Å²) < 4.78 is 1.98. The number of nitrogens with zero attached hydrogens (tertiary/aromatic N) is 5. The molecule has 3 aromatic rings. The summed E-state index contributed by atoms with van der Waals surface area (Å²) >= 11 is 1.96. The lowest BCUT2D eigenvalue weighted by molar-refractivity contribution is 0.286. The lowest BCUT2D eigenvalue weighted by Crippen LogP contribution is -2.43. The molecule has 3 heterocycles. The molecule has 1 N–H and O–H groups in total. The van der Waals surface area contributed by atoms with Crippen molar-refractivity contribution < 1.29 is 0 Å². The Kier molecular flexibility index (Phi) is 4.19. The normalized spacial score (nSPS) is 20.0. The molecule has 0 bridgehead atoms. The molecular weight excluding hydrogens is 332 g/mol. The van der Waals surface area contributed by atoms with E-state index in [2.05, 4.69) is 51.9 Å². The summed E-state index contributed by atoms with van der Waals surface area (Å²) in [5.41, 5.74) is 3.32. The van der Waals surface area contributed by atoms with Crippen LogP contribution in [-0.2, 0) is 7.05 Å². The van der Waals surface area contributed by atoms with Crippen molar-refractivity contribution in [2.75, 3.05) is 17.7 Å². The first-order valence-corrected chi connectivity index (χ1v) is 9.67. The number of thioether (sulfide) groups is 1. The van der Waals surface area contributed by atoms with Crippen molar-refractivity contribution in [2.24, 2.45) is 13.0 Å². The van der Waals surface area contributed by atoms with Crippen LogP contribution >= 0.6 is 11.8 Å². The fourth-order valence-electron chi connectivity index (χ4n) is 3.63. The molecule has 0 atom stereocenters. The summed E-state index contributed by atoms with van der Waals surface area (Å²) in [7, 11) is 4.17. The molecule has 0 radical (unpaired) electrons. The molecule has 1 saturated carbocycles. The average molecular weight is 356 g/mol. The number of H-pyrrole nitrogens is 1. The van der Waals surface area contributed by atoms with E-state index in [1.165, 1.54) is 29.2 Å². The summed E-state index contributed by atoms with van der Waals surface area (Å²) in [6, 6.07) is 2.62. The van der Waals surface area contributed by atoms with Gasteiger partial charge in [0.2, 0.25) is 0 Å². The van der Waals surface area contributed by atoms with Gasteiger partial charge >= 0.3 is 0 Å². The van der Waals surface area contributed by atoms with E-state index in [-0.39, 0.29) is 0 Å². The molecule has 25 heavy (non-hydrogen) atoms. The summed E-state index contributed by atoms with van der Waals surface area (Å²) in [4.78, 5) is 15.6. The van der Waals surface area contributed by atoms with Crippen LogP contribution in [0.25, 0.3) is 11.0 Å². The van der Waals surface area contributed by atoms with Crippen LogP contribution in [0.4, 0.5) is 5.82 Å². The highest BCUT2D eigenvalue weighted by Crippen LogP contribution is 2.39. The molecule has 7 heteroatoms. The van der Waals surface area contributed by atoms with Crippen molar-refractivity contribution in [1.29, 1.82) is 0 Å². The number of rotatable bonds is 5. The second kappa shape index (κ2) is 6.37. The Morgan fingerprint density at radius 3 is 2.84 bits per heavy atom. The summed E-state index contributed by atoms with van der Waals surface area (Å²) in [5.74, 6) is 2.96. The van der Waals surface area contributed by atoms with Crippen molar-refractivity contribution in [3.8, 4) is 0 Å². The molecule has 132 valence electrons. The Labute approximate surface area is 152 Å². The standard InChI is InChI=1S/C18H24N6S/c1-11-16(12(2)24(4)22-11)25-9-13-7-14(8-13)23(3)18-15-5-6-19-17(15)20-10-21-18/h5-6,10,13-14H,7-9H2,1-4H3,(H,19,20,21). The number of hydrogen-bond donors (Lipinski definition) is 1. The van der Waals surface area contributed by atoms with Gasteiger partial charge in [-0.25, -0.2) is 9.97 Å². The molecule has 1 aliphatic rings. The van der Waals surface area contributed by atoms with Crippen LogP contribution in [0.5, 0.6) is 0 Å². The van der Waals surface area contributed by atoms with Crippen molar-refractivity contribution in [1.82, 2.24) is 24.7 Å². The molecule has 0 aromatic carbocycles. The first-order chi connectivity index (χ1) is 12.0. The Morgan fingerprint density at radius 1 is 1.32 bits per heavy atom.